The Labute approximate surface area is 126 Å². The Kier molecular flexibility index (Phi) is 6.12. The Morgan fingerprint density at radius 2 is 2.10 bits per heavy atom. The van der Waals surface area contributed by atoms with Crippen LogP contribution in [0.2, 0.25) is 0 Å². The number of nitrogens with one attached hydrogen (secondary N) is 1. The number of sulfonamides is 1. The van der Waals surface area contributed by atoms with E-state index in [2.05, 4.69) is 20.7 Å². The van der Waals surface area contributed by atoms with Gasteiger partial charge in [-0.15, -0.1) is 0 Å². The third kappa shape index (κ3) is 4.55. The highest BCUT2D eigenvalue weighted by atomic mass is 79.9. The summed E-state index contributed by atoms with van der Waals surface area (Å²) in [5, 5.41) is 17.6. The number of aliphatic hydroxyl groups excluding tert-OH is 1. The number of carboxylic acid groups (broad SMARTS) is 1. The zero-order valence-electron chi connectivity index (χ0n) is 10.8. The van der Waals surface area contributed by atoms with Crippen LogP contribution < -0.4 is 4.72 Å². The van der Waals surface area contributed by atoms with E-state index in [1.807, 2.05) is 0 Å². The molecule has 0 aliphatic heterocycles. The molecule has 6 nitrogen and oxygen atoms in total. The van der Waals surface area contributed by atoms with Crippen molar-refractivity contribution in [3.8, 4) is 0 Å². The van der Waals surface area contributed by atoms with Gasteiger partial charge in [0.05, 0.1) is 10.5 Å². The summed E-state index contributed by atoms with van der Waals surface area (Å²) in [5.74, 6) is -1.19. The third-order valence-electron chi connectivity index (χ3n) is 2.62. The maximum atomic E-state index is 12.2. The molecule has 0 fully saturated rings. The molecule has 1 rings (SSSR count). The minimum atomic E-state index is -3.82. The predicted molar refractivity (Wildman–Crippen MR) is 77.2 cm³/mol. The minimum absolute atomic E-state index is 0.00966. The zero-order valence-corrected chi connectivity index (χ0v) is 13.2. The molecule has 0 spiro atoms. The quantitative estimate of drug-likeness (QED) is 0.680. The SMILES string of the molecule is CC(CCCO)NS(=O)(=O)c1cc(C(=O)O)ccc1Br. The van der Waals surface area contributed by atoms with E-state index in [0.717, 1.165) is 6.07 Å². The van der Waals surface area contributed by atoms with Gasteiger partial charge in [-0.2, -0.15) is 0 Å². The van der Waals surface area contributed by atoms with Crippen LogP contribution in [0.1, 0.15) is 30.1 Å². The Bertz CT molecular complexity index is 588. The molecule has 0 saturated carbocycles. The van der Waals surface area contributed by atoms with E-state index < -0.39 is 16.0 Å². The van der Waals surface area contributed by atoms with E-state index in [-0.39, 0.29) is 23.1 Å². The molecule has 0 aliphatic rings. The van der Waals surface area contributed by atoms with Crippen molar-refractivity contribution in [2.24, 2.45) is 0 Å². The number of hydrogen-bond donors (Lipinski definition) is 3. The van der Waals surface area contributed by atoms with Crippen LogP contribution in [0.3, 0.4) is 0 Å². The molecular weight excluding hydrogens is 350 g/mol. The lowest BCUT2D eigenvalue weighted by atomic mass is 10.2. The number of rotatable bonds is 7. The molecule has 0 heterocycles. The number of carboxylic acids is 1. The number of carbonyl (C=O) groups is 1. The van der Waals surface area contributed by atoms with E-state index in [9.17, 15) is 13.2 Å². The molecule has 3 N–H and O–H groups in total. The van der Waals surface area contributed by atoms with E-state index >= 15 is 0 Å². The first-order valence-electron chi connectivity index (χ1n) is 5.94. The molecule has 0 aliphatic carbocycles. The van der Waals surface area contributed by atoms with Crippen molar-refractivity contribution in [2.75, 3.05) is 6.61 Å². The lowest BCUT2D eigenvalue weighted by Crippen LogP contribution is -2.33. The maximum absolute atomic E-state index is 12.2. The van der Waals surface area contributed by atoms with Crippen LogP contribution in [0.4, 0.5) is 0 Å². The fourth-order valence-corrected chi connectivity index (χ4v) is 3.89. The Morgan fingerprint density at radius 1 is 1.45 bits per heavy atom. The molecule has 0 saturated heterocycles. The van der Waals surface area contributed by atoms with Crippen LogP contribution in [-0.2, 0) is 10.0 Å². The summed E-state index contributed by atoms with van der Waals surface area (Å²) in [6.45, 7) is 1.67. The van der Waals surface area contributed by atoms with Crippen molar-refractivity contribution in [1.29, 1.82) is 0 Å². The second kappa shape index (κ2) is 7.16. The first-order valence-corrected chi connectivity index (χ1v) is 8.21. The van der Waals surface area contributed by atoms with Crippen molar-refractivity contribution in [3.63, 3.8) is 0 Å². The summed E-state index contributed by atoms with van der Waals surface area (Å²) in [7, 11) is -3.82. The van der Waals surface area contributed by atoms with Gasteiger partial charge in [0.2, 0.25) is 10.0 Å². The van der Waals surface area contributed by atoms with Crippen LogP contribution in [0.25, 0.3) is 0 Å². The number of aromatic carboxylic acids is 1. The van der Waals surface area contributed by atoms with E-state index in [1.54, 1.807) is 6.92 Å². The second-order valence-corrected chi connectivity index (χ2v) is 6.88. The molecule has 0 aromatic heterocycles. The molecular formula is C12H16BrNO5S. The smallest absolute Gasteiger partial charge is 0.335 e. The number of halogens is 1. The molecule has 112 valence electrons. The van der Waals surface area contributed by atoms with Gasteiger partial charge in [-0.1, -0.05) is 0 Å². The summed E-state index contributed by atoms with van der Waals surface area (Å²) in [6.07, 6.45) is 0.978. The minimum Gasteiger partial charge on any atom is -0.478 e. The van der Waals surface area contributed by atoms with Crippen LogP contribution >= 0.6 is 15.9 Å². The molecule has 0 bridgehead atoms. The van der Waals surface area contributed by atoms with Crippen molar-refractivity contribution < 1.29 is 23.4 Å². The van der Waals surface area contributed by atoms with Crippen molar-refractivity contribution in [2.45, 2.75) is 30.7 Å². The zero-order chi connectivity index (χ0) is 15.3. The first kappa shape index (κ1) is 17.1. The van der Waals surface area contributed by atoms with E-state index in [4.69, 9.17) is 10.2 Å². The van der Waals surface area contributed by atoms with Gasteiger partial charge in [-0.05, 0) is 53.9 Å². The lowest BCUT2D eigenvalue weighted by Gasteiger charge is -2.15. The Morgan fingerprint density at radius 3 is 2.65 bits per heavy atom. The van der Waals surface area contributed by atoms with Crippen LogP contribution in [0.15, 0.2) is 27.6 Å². The number of aliphatic hydroxyl groups is 1. The highest BCUT2D eigenvalue weighted by Gasteiger charge is 2.21. The third-order valence-corrected chi connectivity index (χ3v) is 5.20. The van der Waals surface area contributed by atoms with Crippen molar-refractivity contribution in [3.05, 3.63) is 28.2 Å². The average molecular weight is 366 g/mol. The normalized spacial score (nSPS) is 13.2. The first-order chi connectivity index (χ1) is 9.27. The predicted octanol–water partition coefficient (Wildman–Crippen LogP) is 1.59. The average Bonchev–Trinajstić information content (AvgIpc) is 2.35. The topological polar surface area (TPSA) is 104 Å². The standard InChI is InChI=1S/C12H16BrNO5S/c1-8(3-2-6-15)14-20(18,19)11-7-9(12(16)17)4-5-10(11)13/h4-5,7-8,14-15H,2-3,6H2,1H3,(H,16,17). The van der Waals surface area contributed by atoms with Crippen LogP contribution in [-0.4, -0.2) is 37.2 Å². The molecule has 8 heteroatoms. The van der Waals surface area contributed by atoms with Gasteiger partial charge in [-0.3, -0.25) is 0 Å². The summed E-state index contributed by atoms with van der Waals surface area (Å²) >= 11 is 3.11. The largest absolute Gasteiger partial charge is 0.478 e. The summed E-state index contributed by atoms with van der Waals surface area (Å²) in [4.78, 5) is 10.8. The highest BCUT2D eigenvalue weighted by Crippen LogP contribution is 2.23. The van der Waals surface area contributed by atoms with Gasteiger partial charge in [-0.25, -0.2) is 17.9 Å². The summed E-state index contributed by atoms with van der Waals surface area (Å²) in [5.41, 5.74) is -0.100. The van der Waals surface area contributed by atoms with Crippen LogP contribution in [0, 0.1) is 0 Å². The van der Waals surface area contributed by atoms with E-state index in [1.165, 1.54) is 12.1 Å². The number of benzene rings is 1. The number of hydrogen-bond acceptors (Lipinski definition) is 4. The van der Waals surface area contributed by atoms with Gasteiger partial charge >= 0.3 is 5.97 Å². The van der Waals surface area contributed by atoms with Gasteiger partial charge in [0, 0.05) is 17.1 Å². The lowest BCUT2D eigenvalue weighted by molar-refractivity contribution is 0.0696. The monoisotopic (exact) mass is 365 g/mol. The van der Waals surface area contributed by atoms with Gasteiger partial charge in [0.15, 0.2) is 0 Å². The molecule has 20 heavy (non-hydrogen) atoms. The molecule has 0 amide bonds. The van der Waals surface area contributed by atoms with Crippen molar-refractivity contribution in [1.82, 2.24) is 4.72 Å². The Balaban J connectivity index is 3.03. The van der Waals surface area contributed by atoms with E-state index in [0.29, 0.717) is 17.3 Å². The molecule has 0 radical (unpaired) electrons. The van der Waals surface area contributed by atoms with Crippen LogP contribution in [0.5, 0.6) is 0 Å². The molecule has 1 atom stereocenters. The molecule has 1 aromatic rings. The van der Waals surface area contributed by atoms with Gasteiger partial charge in [0.25, 0.3) is 0 Å². The fraction of sp³-hybridized carbons (Fsp3) is 0.417. The highest BCUT2D eigenvalue weighted by molar-refractivity contribution is 9.10. The second-order valence-electron chi connectivity index (χ2n) is 4.34. The van der Waals surface area contributed by atoms with Crippen molar-refractivity contribution >= 4 is 31.9 Å². The summed E-state index contributed by atoms with van der Waals surface area (Å²) in [6, 6.07) is 3.46. The summed E-state index contributed by atoms with van der Waals surface area (Å²) < 4.78 is 27.2. The fourth-order valence-electron chi connectivity index (χ4n) is 1.63. The Hall–Kier alpha value is -0.960. The van der Waals surface area contributed by atoms with Gasteiger partial charge in [0.1, 0.15) is 0 Å². The molecule has 1 aromatic carbocycles. The molecule has 1 unspecified atom stereocenters. The van der Waals surface area contributed by atoms with Gasteiger partial charge < -0.3 is 10.2 Å². The maximum Gasteiger partial charge on any atom is 0.335 e.